The molecule has 0 spiro atoms. The van der Waals surface area contributed by atoms with Crippen molar-refractivity contribution in [1.29, 1.82) is 0 Å². The molecule has 0 radical (unpaired) electrons. The van der Waals surface area contributed by atoms with E-state index in [9.17, 15) is 14.4 Å². The summed E-state index contributed by atoms with van der Waals surface area (Å²) in [6.45, 7) is 0.754. The van der Waals surface area contributed by atoms with E-state index in [0.29, 0.717) is 37.9 Å². The summed E-state index contributed by atoms with van der Waals surface area (Å²) in [6, 6.07) is 6.75. The summed E-state index contributed by atoms with van der Waals surface area (Å²) in [7, 11) is 0. The van der Waals surface area contributed by atoms with Crippen LogP contribution in [0.15, 0.2) is 24.3 Å². The Hall–Kier alpha value is -2.37. The van der Waals surface area contributed by atoms with Crippen LogP contribution in [-0.2, 0) is 16.0 Å². The van der Waals surface area contributed by atoms with Gasteiger partial charge in [-0.25, -0.2) is 4.79 Å². The Balaban J connectivity index is 1.83. The Morgan fingerprint density at radius 1 is 1.33 bits per heavy atom. The van der Waals surface area contributed by atoms with E-state index in [1.807, 2.05) is 0 Å². The molecule has 1 saturated heterocycles. The van der Waals surface area contributed by atoms with Gasteiger partial charge in [0.2, 0.25) is 11.8 Å². The molecule has 21 heavy (non-hydrogen) atoms. The topological polar surface area (TPSA) is 95.5 Å². The molecule has 0 bridgehead atoms. The molecule has 2 amide bonds. The van der Waals surface area contributed by atoms with Gasteiger partial charge in [-0.15, -0.1) is 0 Å². The van der Waals surface area contributed by atoms with Gasteiger partial charge in [0.05, 0.1) is 11.5 Å². The van der Waals surface area contributed by atoms with Crippen molar-refractivity contribution in [3.8, 4) is 0 Å². The van der Waals surface area contributed by atoms with Gasteiger partial charge >= 0.3 is 5.97 Å². The molecule has 3 N–H and O–H groups in total. The number of aromatic carboxylic acids is 1. The fourth-order valence-corrected chi connectivity index (χ4v) is 2.37. The second-order valence-electron chi connectivity index (χ2n) is 5.04. The maximum Gasteiger partial charge on any atom is 0.335 e. The molecule has 6 heteroatoms. The number of rotatable bonds is 5. The number of hydrogen-bond donors (Lipinski definition) is 3. The molecule has 2 rings (SSSR count). The third-order valence-corrected chi connectivity index (χ3v) is 3.58. The third kappa shape index (κ3) is 4.05. The third-order valence-electron chi connectivity index (χ3n) is 3.58. The Kier molecular flexibility index (Phi) is 4.92. The number of nitrogens with one attached hydrogen (secondary N) is 2. The first-order valence-corrected chi connectivity index (χ1v) is 6.93. The molecule has 1 aliphatic heterocycles. The van der Waals surface area contributed by atoms with E-state index < -0.39 is 5.97 Å². The van der Waals surface area contributed by atoms with Crippen LogP contribution in [0.5, 0.6) is 0 Å². The summed E-state index contributed by atoms with van der Waals surface area (Å²) in [6.07, 6.45) is 1.40. The Labute approximate surface area is 122 Å². The van der Waals surface area contributed by atoms with Crippen molar-refractivity contribution < 1.29 is 19.5 Å². The lowest BCUT2D eigenvalue weighted by atomic mass is 9.98. The minimum absolute atomic E-state index is 0.0190. The van der Waals surface area contributed by atoms with E-state index in [-0.39, 0.29) is 23.3 Å². The number of hydrogen-bond acceptors (Lipinski definition) is 3. The quantitative estimate of drug-likeness (QED) is 0.738. The first-order chi connectivity index (χ1) is 10.1. The Morgan fingerprint density at radius 3 is 2.76 bits per heavy atom. The van der Waals surface area contributed by atoms with E-state index in [2.05, 4.69) is 10.6 Å². The normalized spacial score (nSPS) is 17.9. The first-order valence-electron chi connectivity index (χ1n) is 6.93. The lowest BCUT2D eigenvalue weighted by molar-refractivity contribution is -0.128. The Bertz CT molecular complexity index is 546. The molecule has 1 aromatic rings. The largest absolute Gasteiger partial charge is 0.478 e. The molecule has 1 unspecified atom stereocenters. The highest BCUT2D eigenvalue weighted by atomic mass is 16.4. The molecule has 0 aromatic heterocycles. The molecule has 1 atom stereocenters. The highest BCUT2D eigenvalue weighted by Crippen LogP contribution is 2.11. The molecular formula is C15H18N2O4. The van der Waals surface area contributed by atoms with Crippen molar-refractivity contribution in [3.63, 3.8) is 0 Å². The van der Waals surface area contributed by atoms with E-state index in [1.54, 1.807) is 24.3 Å². The predicted molar refractivity (Wildman–Crippen MR) is 75.8 cm³/mol. The van der Waals surface area contributed by atoms with Crippen LogP contribution in [0.2, 0.25) is 0 Å². The summed E-state index contributed by atoms with van der Waals surface area (Å²) in [4.78, 5) is 34.0. The molecule has 1 heterocycles. The van der Waals surface area contributed by atoms with Gasteiger partial charge in [-0.2, -0.15) is 0 Å². The summed E-state index contributed by atoms with van der Waals surface area (Å²) < 4.78 is 0. The zero-order valence-electron chi connectivity index (χ0n) is 11.6. The average molecular weight is 290 g/mol. The van der Waals surface area contributed by atoms with Crippen molar-refractivity contribution in [2.24, 2.45) is 5.92 Å². The lowest BCUT2D eigenvalue weighted by Crippen LogP contribution is -2.43. The van der Waals surface area contributed by atoms with Crippen LogP contribution in [0, 0.1) is 5.92 Å². The molecule has 1 aromatic carbocycles. The van der Waals surface area contributed by atoms with Crippen LogP contribution >= 0.6 is 0 Å². The number of carboxylic acids is 1. The zero-order valence-corrected chi connectivity index (χ0v) is 11.6. The van der Waals surface area contributed by atoms with Gasteiger partial charge in [0, 0.05) is 19.5 Å². The van der Waals surface area contributed by atoms with Crippen molar-refractivity contribution in [1.82, 2.24) is 10.6 Å². The zero-order chi connectivity index (χ0) is 15.2. The van der Waals surface area contributed by atoms with Crippen molar-refractivity contribution in [2.45, 2.75) is 19.3 Å². The van der Waals surface area contributed by atoms with Gasteiger partial charge in [0.15, 0.2) is 0 Å². The summed E-state index contributed by atoms with van der Waals surface area (Å²) in [5.74, 6) is -1.28. The first kappa shape index (κ1) is 15.0. The number of amides is 2. The van der Waals surface area contributed by atoms with Gasteiger partial charge in [-0.05, 0) is 24.5 Å². The summed E-state index contributed by atoms with van der Waals surface area (Å²) in [5, 5.41) is 14.5. The van der Waals surface area contributed by atoms with Crippen LogP contribution in [-0.4, -0.2) is 36.0 Å². The minimum atomic E-state index is -0.966. The van der Waals surface area contributed by atoms with Gasteiger partial charge < -0.3 is 15.7 Å². The lowest BCUT2D eigenvalue weighted by Gasteiger charge is -2.21. The number of carbonyl (C=O) groups excluding carboxylic acids is 2. The molecular weight excluding hydrogens is 272 g/mol. The average Bonchev–Trinajstić information content (AvgIpc) is 2.48. The monoisotopic (exact) mass is 290 g/mol. The maximum absolute atomic E-state index is 11.9. The molecule has 1 aliphatic rings. The number of carboxylic acid groups (broad SMARTS) is 1. The van der Waals surface area contributed by atoms with Crippen LogP contribution in [0.4, 0.5) is 0 Å². The maximum atomic E-state index is 11.9. The van der Waals surface area contributed by atoms with Gasteiger partial charge in [0.1, 0.15) is 0 Å². The minimum Gasteiger partial charge on any atom is -0.478 e. The van der Waals surface area contributed by atoms with Gasteiger partial charge in [0.25, 0.3) is 0 Å². The summed E-state index contributed by atoms with van der Waals surface area (Å²) >= 11 is 0. The van der Waals surface area contributed by atoms with Crippen molar-refractivity contribution in [3.05, 3.63) is 35.4 Å². The standard InChI is InChI=1S/C15H18N2O4/c18-13-6-5-11(9-17-13)14(19)16-8-7-10-3-1-2-4-12(10)15(20)21/h1-4,11H,5-9H2,(H,16,19)(H,17,18)(H,20,21). The van der Waals surface area contributed by atoms with E-state index in [4.69, 9.17) is 5.11 Å². The van der Waals surface area contributed by atoms with Crippen LogP contribution in [0.25, 0.3) is 0 Å². The molecule has 6 nitrogen and oxygen atoms in total. The Morgan fingerprint density at radius 2 is 2.10 bits per heavy atom. The molecule has 0 saturated carbocycles. The van der Waals surface area contributed by atoms with E-state index >= 15 is 0 Å². The SMILES string of the molecule is O=C1CCC(C(=O)NCCc2ccccc2C(=O)O)CN1. The molecule has 112 valence electrons. The van der Waals surface area contributed by atoms with Gasteiger partial charge in [-0.1, -0.05) is 18.2 Å². The molecule has 1 fully saturated rings. The summed E-state index contributed by atoms with van der Waals surface area (Å²) in [5.41, 5.74) is 0.957. The van der Waals surface area contributed by atoms with Crippen molar-refractivity contribution >= 4 is 17.8 Å². The fraction of sp³-hybridized carbons (Fsp3) is 0.400. The van der Waals surface area contributed by atoms with E-state index in [0.717, 1.165) is 0 Å². The fourth-order valence-electron chi connectivity index (χ4n) is 2.37. The van der Waals surface area contributed by atoms with Crippen LogP contribution in [0.3, 0.4) is 0 Å². The highest BCUT2D eigenvalue weighted by molar-refractivity contribution is 5.89. The number of carbonyl (C=O) groups is 3. The predicted octanol–water partition coefficient (Wildman–Crippen LogP) is 0.570. The molecule has 0 aliphatic carbocycles. The van der Waals surface area contributed by atoms with Crippen molar-refractivity contribution in [2.75, 3.05) is 13.1 Å². The highest BCUT2D eigenvalue weighted by Gasteiger charge is 2.24. The number of piperidine rings is 1. The smallest absolute Gasteiger partial charge is 0.335 e. The van der Waals surface area contributed by atoms with Crippen LogP contribution in [0.1, 0.15) is 28.8 Å². The van der Waals surface area contributed by atoms with Crippen LogP contribution < -0.4 is 10.6 Å². The number of benzene rings is 1. The van der Waals surface area contributed by atoms with Gasteiger partial charge in [-0.3, -0.25) is 9.59 Å². The van der Waals surface area contributed by atoms with E-state index in [1.165, 1.54) is 0 Å². The second-order valence-corrected chi connectivity index (χ2v) is 5.04. The second kappa shape index (κ2) is 6.88.